The minimum absolute atomic E-state index is 0.00806. The van der Waals surface area contributed by atoms with E-state index >= 15 is 0 Å². The molecule has 0 heterocycles. The molecule has 0 spiro atoms. The highest BCUT2D eigenvalue weighted by molar-refractivity contribution is 5.90. The molecule has 0 bridgehead atoms. The van der Waals surface area contributed by atoms with Gasteiger partial charge in [0.1, 0.15) is 5.78 Å². The van der Waals surface area contributed by atoms with Crippen molar-refractivity contribution in [2.45, 2.75) is 32.6 Å². The summed E-state index contributed by atoms with van der Waals surface area (Å²) < 4.78 is 4.55. The van der Waals surface area contributed by atoms with Crippen molar-refractivity contribution in [2.75, 3.05) is 7.11 Å². The normalized spacial score (nSPS) is 17.8. The molecule has 1 fully saturated rings. The maximum atomic E-state index is 11.1. The Labute approximate surface area is 112 Å². The zero-order chi connectivity index (χ0) is 15.0. The van der Waals surface area contributed by atoms with Crippen molar-refractivity contribution < 1.29 is 24.2 Å². The number of carboxylic acids is 1. The van der Waals surface area contributed by atoms with Crippen molar-refractivity contribution in [3.63, 3.8) is 0 Å². The monoisotopic (exact) mass is 268 g/mol. The quantitative estimate of drug-likeness (QED) is 0.626. The van der Waals surface area contributed by atoms with E-state index in [9.17, 15) is 14.4 Å². The van der Waals surface area contributed by atoms with Gasteiger partial charge in [-0.25, -0.2) is 9.59 Å². The largest absolute Gasteiger partial charge is 0.478 e. The van der Waals surface area contributed by atoms with Crippen molar-refractivity contribution in [3.8, 4) is 0 Å². The van der Waals surface area contributed by atoms with Crippen LogP contribution in [-0.2, 0) is 19.1 Å². The Morgan fingerprint density at radius 3 is 2.26 bits per heavy atom. The number of hydrogen-bond donors (Lipinski definition) is 1. The molecule has 0 amide bonds. The van der Waals surface area contributed by atoms with Gasteiger partial charge in [-0.1, -0.05) is 13.2 Å². The molecule has 1 aliphatic carbocycles. The molecule has 1 atom stereocenters. The minimum atomic E-state index is -0.935. The van der Waals surface area contributed by atoms with Gasteiger partial charge in [0.2, 0.25) is 0 Å². The van der Waals surface area contributed by atoms with Gasteiger partial charge in [0.25, 0.3) is 0 Å². The highest BCUT2D eigenvalue weighted by Crippen LogP contribution is 2.27. The highest BCUT2D eigenvalue weighted by Gasteiger charge is 2.25. The molecule has 1 aliphatic rings. The number of carbonyl (C=O) groups is 3. The zero-order valence-corrected chi connectivity index (χ0v) is 11.4. The summed E-state index contributed by atoms with van der Waals surface area (Å²) in [4.78, 5) is 31.8. The summed E-state index contributed by atoms with van der Waals surface area (Å²) in [6.07, 6.45) is 2.83. The lowest BCUT2D eigenvalue weighted by Crippen LogP contribution is -2.21. The predicted octanol–water partition coefficient (Wildman–Crippen LogP) is 2.12. The Kier molecular flexibility index (Phi) is 7.41. The minimum Gasteiger partial charge on any atom is -0.478 e. The number of ether oxygens (including phenoxy) is 1. The van der Waals surface area contributed by atoms with Crippen LogP contribution < -0.4 is 0 Å². The van der Waals surface area contributed by atoms with Crippen LogP contribution in [0.25, 0.3) is 0 Å². The molecule has 0 saturated heterocycles. The number of rotatable bonds is 3. The van der Waals surface area contributed by atoms with Crippen molar-refractivity contribution >= 4 is 17.7 Å². The molecule has 5 heteroatoms. The second kappa shape index (κ2) is 8.24. The third kappa shape index (κ3) is 6.55. The number of carbonyl (C=O) groups excluding carboxylic acids is 2. The van der Waals surface area contributed by atoms with Gasteiger partial charge in [-0.15, -0.1) is 0 Å². The molecule has 0 aliphatic heterocycles. The summed E-state index contributed by atoms with van der Waals surface area (Å²) in [5.41, 5.74) is 0.616. The maximum absolute atomic E-state index is 11.1. The molecule has 0 aromatic carbocycles. The van der Waals surface area contributed by atoms with E-state index in [4.69, 9.17) is 5.11 Å². The van der Waals surface area contributed by atoms with Crippen LogP contribution in [0.4, 0.5) is 0 Å². The first-order chi connectivity index (χ1) is 8.79. The van der Waals surface area contributed by atoms with Crippen LogP contribution in [0.2, 0.25) is 0 Å². The summed E-state index contributed by atoms with van der Waals surface area (Å²) in [6, 6.07) is 0. The van der Waals surface area contributed by atoms with Crippen molar-refractivity contribution in [2.24, 2.45) is 5.92 Å². The van der Waals surface area contributed by atoms with Crippen LogP contribution in [0.15, 0.2) is 24.3 Å². The van der Waals surface area contributed by atoms with E-state index in [1.54, 1.807) is 0 Å². The summed E-state index contributed by atoms with van der Waals surface area (Å²) in [7, 11) is 1.33. The SMILES string of the molecule is C=C(C(=O)OC)C1CCCC(=O)C1.C=C(C)C(=O)O. The van der Waals surface area contributed by atoms with Crippen LogP contribution in [0.3, 0.4) is 0 Å². The number of carboxylic acid groups (broad SMARTS) is 1. The average Bonchev–Trinajstić information content (AvgIpc) is 2.37. The smallest absolute Gasteiger partial charge is 0.333 e. The number of Topliss-reactive ketones (excluding diaryl/α,β-unsaturated/α-hetero) is 1. The summed E-state index contributed by atoms with van der Waals surface area (Å²) in [5, 5.41) is 7.89. The molecule has 1 saturated carbocycles. The van der Waals surface area contributed by atoms with Gasteiger partial charge in [0.15, 0.2) is 0 Å². The van der Waals surface area contributed by atoms with E-state index in [-0.39, 0.29) is 23.2 Å². The molecule has 1 rings (SSSR count). The lowest BCUT2D eigenvalue weighted by molar-refractivity contribution is -0.137. The van der Waals surface area contributed by atoms with Gasteiger partial charge in [-0.05, 0) is 25.7 Å². The average molecular weight is 268 g/mol. The van der Waals surface area contributed by atoms with Gasteiger partial charge >= 0.3 is 11.9 Å². The Balaban J connectivity index is 0.000000459. The number of aliphatic carboxylic acids is 1. The molecule has 0 aromatic rings. The van der Waals surface area contributed by atoms with Crippen molar-refractivity contribution in [1.82, 2.24) is 0 Å². The predicted molar refractivity (Wildman–Crippen MR) is 70.6 cm³/mol. The second-order valence-corrected chi connectivity index (χ2v) is 4.43. The van der Waals surface area contributed by atoms with Crippen molar-refractivity contribution in [1.29, 1.82) is 0 Å². The highest BCUT2D eigenvalue weighted by atomic mass is 16.5. The molecule has 106 valence electrons. The lowest BCUT2D eigenvalue weighted by Gasteiger charge is -2.21. The Hall–Kier alpha value is -1.91. The third-order valence-electron chi connectivity index (χ3n) is 2.79. The van der Waals surface area contributed by atoms with Crippen LogP contribution >= 0.6 is 0 Å². The number of methoxy groups -OCH3 is 1. The lowest BCUT2D eigenvalue weighted by atomic mass is 9.84. The van der Waals surface area contributed by atoms with Gasteiger partial charge in [0, 0.05) is 24.0 Å². The van der Waals surface area contributed by atoms with Gasteiger partial charge in [0.05, 0.1) is 7.11 Å². The van der Waals surface area contributed by atoms with Crippen LogP contribution in [-0.4, -0.2) is 29.9 Å². The van der Waals surface area contributed by atoms with E-state index in [0.717, 1.165) is 12.8 Å². The molecule has 1 N–H and O–H groups in total. The Morgan fingerprint density at radius 2 is 1.89 bits per heavy atom. The van der Waals surface area contributed by atoms with Crippen LogP contribution in [0, 0.1) is 5.92 Å². The molecule has 19 heavy (non-hydrogen) atoms. The zero-order valence-electron chi connectivity index (χ0n) is 11.4. The standard InChI is InChI=1S/C10H14O3.C4H6O2/c1-7(10(12)13-2)8-4-3-5-9(11)6-8;1-3(2)4(5)6/h8H,1,3-6H2,2H3;1H2,2H3,(H,5,6). The Bertz CT molecular complexity index is 383. The molecule has 0 radical (unpaired) electrons. The first-order valence-corrected chi connectivity index (χ1v) is 5.97. The van der Waals surface area contributed by atoms with E-state index in [2.05, 4.69) is 17.9 Å². The fourth-order valence-corrected chi connectivity index (χ4v) is 1.62. The van der Waals surface area contributed by atoms with Crippen LogP contribution in [0.1, 0.15) is 32.6 Å². The van der Waals surface area contributed by atoms with Gasteiger partial charge in [-0.3, -0.25) is 4.79 Å². The van der Waals surface area contributed by atoms with E-state index in [1.165, 1.54) is 14.0 Å². The first-order valence-electron chi connectivity index (χ1n) is 5.97. The molecule has 5 nitrogen and oxygen atoms in total. The van der Waals surface area contributed by atoms with Crippen molar-refractivity contribution in [3.05, 3.63) is 24.3 Å². The Morgan fingerprint density at radius 1 is 1.37 bits per heavy atom. The molecular formula is C14H20O5. The molecule has 1 unspecified atom stereocenters. The summed E-state index contributed by atoms with van der Waals surface area (Å²) in [6.45, 7) is 8.26. The fourth-order valence-electron chi connectivity index (χ4n) is 1.62. The first kappa shape index (κ1) is 17.1. The molecule has 0 aromatic heterocycles. The summed E-state index contributed by atoms with van der Waals surface area (Å²) >= 11 is 0. The maximum Gasteiger partial charge on any atom is 0.333 e. The van der Waals surface area contributed by atoms with E-state index in [0.29, 0.717) is 18.4 Å². The topological polar surface area (TPSA) is 80.7 Å². The fraction of sp³-hybridized carbons (Fsp3) is 0.500. The summed E-state index contributed by atoms with van der Waals surface area (Å²) in [5.74, 6) is -1.09. The number of hydrogen-bond acceptors (Lipinski definition) is 4. The van der Waals surface area contributed by atoms with E-state index in [1.807, 2.05) is 0 Å². The number of esters is 1. The second-order valence-electron chi connectivity index (χ2n) is 4.43. The molecular weight excluding hydrogens is 248 g/mol. The van der Waals surface area contributed by atoms with E-state index < -0.39 is 5.97 Å². The number of ketones is 1. The third-order valence-corrected chi connectivity index (χ3v) is 2.79. The van der Waals surface area contributed by atoms with Crippen LogP contribution in [0.5, 0.6) is 0 Å². The van der Waals surface area contributed by atoms with Gasteiger partial charge < -0.3 is 9.84 Å². The van der Waals surface area contributed by atoms with Gasteiger partial charge in [-0.2, -0.15) is 0 Å².